The van der Waals surface area contributed by atoms with Crippen LogP contribution in [0.2, 0.25) is 0 Å². The Kier molecular flexibility index (Phi) is 6.30. The zero-order chi connectivity index (χ0) is 18.5. The van der Waals surface area contributed by atoms with Crippen LogP contribution in [0.3, 0.4) is 0 Å². The molecule has 0 aliphatic rings. The van der Waals surface area contributed by atoms with Crippen LogP contribution in [-0.4, -0.2) is 12.1 Å². The Labute approximate surface area is 171 Å². The van der Waals surface area contributed by atoms with Gasteiger partial charge < -0.3 is 9.47 Å². The van der Waals surface area contributed by atoms with Gasteiger partial charge in [0.1, 0.15) is 17.2 Å². The molecule has 0 aliphatic heterocycles. The van der Waals surface area contributed by atoms with Crippen LogP contribution in [0.4, 0.5) is 0 Å². The van der Waals surface area contributed by atoms with Crippen molar-refractivity contribution in [3.8, 4) is 39.5 Å². The summed E-state index contributed by atoms with van der Waals surface area (Å²) in [5, 5.41) is 0. The third-order valence-corrected chi connectivity index (χ3v) is 4.34. The molecule has 4 aromatic rings. The predicted molar refractivity (Wildman–Crippen MR) is 115 cm³/mol. The molecule has 4 heteroatoms. The van der Waals surface area contributed by atoms with E-state index in [9.17, 15) is 0 Å². The second-order valence-corrected chi connectivity index (χ2v) is 6.09. The van der Waals surface area contributed by atoms with Crippen molar-refractivity contribution in [2.75, 3.05) is 7.11 Å². The third kappa shape index (κ3) is 4.33. The Balaban J connectivity index is 0.00000225. The molecule has 0 amide bonds. The van der Waals surface area contributed by atoms with E-state index in [1.165, 1.54) is 0 Å². The van der Waals surface area contributed by atoms with E-state index in [2.05, 4.69) is 23.2 Å². The van der Waals surface area contributed by atoms with Gasteiger partial charge in [-0.2, -0.15) is 0 Å². The molecule has 1 aromatic heterocycles. The summed E-state index contributed by atoms with van der Waals surface area (Å²) in [5.41, 5.74) is 4.29. The molecule has 0 atom stereocenters. The Morgan fingerprint density at radius 1 is 0.643 bits per heavy atom. The molecule has 140 valence electrons. The molecule has 0 saturated carbocycles. The molecule has 0 radical (unpaired) electrons. The molecule has 0 saturated heterocycles. The highest BCUT2D eigenvalue weighted by Crippen LogP contribution is 2.36. The normalized spacial score (nSPS) is 10.0. The van der Waals surface area contributed by atoms with E-state index >= 15 is 0 Å². The van der Waals surface area contributed by atoms with Crippen LogP contribution < -0.4 is 9.47 Å². The summed E-state index contributed by atoms with van der Waals surface area (Å²) in [7, 11) is 1.69. The molecule has 0 fully saturated rings. The second-order valence-electron chi connectivity index (χ2n) is 6.09. The number of benzene rings is 3. The summed E-state index contributed by atoms with van der Waals surface area (Å²) in [6.45, 7) is 0. The minimum Gasteiger partial charge on any atom is -0.496 e. The molecule has 0 N–H and O–H groups in total. The minimum absolute atomic E-state index is 0. The smallest absolute Gasteiger partial charge is 0.128 e. The van der Waals surface area contributed by atoms with Gasteiger partial charge in [0.05, 0.1) is 7.11 Å². The van der Waals surface area contributed by atoms with Gasteiger partial charge in [-0.25, -0.2) is 0 Å². The van der Waals surface area contributed by atoms with Gasteiger partial charge >= 0.3 is 0 Å². The standard InChI is InChI=1S/C24H19NO2.ClH/c1-26-24-11-10-19(18-12-14-25-15-13-18)17-23(24)20-6-5-9-22(16-20)27-21-7-3-2-4-8-21;/h2-17H,1H3;1H. The first-order chi connectivity index (χ1) is 13.3. The number of pyridine rings is 1. The minimum atomic E-state index is 0. The van der Waals surface area contributed by atoms with E-state index in [-0.39, 0.29) is 12.4 Å². The zero-order valence-corrected chi connectivity index (χ0v) is 16.2. The number of rotatable bonds is 5. The van der Waals surface area contributed by atoms with Crippen molar-refractivity contribution in [1.29, 1.82) is 0 Å². The number of para-hydroxylation sites is 1. The average molecular weight is 390 g/mol. The SMILES string of the molecule is COc1ccc(-c2ccncc2)cc1-c1cccc(Oc2ccccc2)c1.Cl. The lowest BCUT2D eigenvalue weighted by molar-refractivity contribution is 0.416. The second kappa shape index (κ2) is 9.07. The van der Waals surface area contributed by atoms with E-state index in [0.29, 0.717) is 0 Å². The molecule has 3 aromatic carbocycles. The maximum Gasteiger partial charge on any atom is 0.128 e. The zero-order valence-electron chi connectivity index (χ0n) is 15.4. The lowest BCUT2D eigenvalue weighted by Gasteiger charge is -2.13. The van der Waals surface area contributed by atoms with Gasteiger partial charge in [0, 0.05) is 18.0 Å². The van der Waals surface area contributed by atoms with Crippen LogP contribution in [0, 0.1) is 0 Å². The first-order valence-corrected chi connectivity index (χ1v) is 8.75. The highest BCUT2D eigenvalue weighted by molar-refractivity contribution is 5.85. The van der Waals surface area contributed by atoms with Gasteiger partial charge in [-0.05, 0) is 65.2 Å². The summed E-state index contributed by atoms with van der Waals surface area (Å²) in [5.74, 6) is 2.42. The Morgan fingerprint density at radius 3 is 2.14 bits per heavy atom. The van der Waals surface area contributed by atoms with Crippen molar-refractivity contribution < 1.29 is 9.47 Å². The molecule has 28 heavy (non-hydrogen) atoms. The largest absolute Gasteiger partial charge is 0.496 e. The van der Waals surface area contributed by atoms with Crippen LogP contribution in [0.5, 0.6) is 17.2 Å². The van der Waals surface area contributed by atoms with Gasteiger partial charge in [-0.15, -0.1) is 12.4 Å². The highest BCUT2D eigenvalue weighted by Gasteiger charge is 2.10. The number of halogens is 1. The number of aromatic nitrogens is 1. The molecular formula is C24H20ClNO2. The topological polar surface area (TPSA) is 31.4 Å². The van der Waals surface area contributed by atoms with Gasteiger partial charge in [0.2, 0.25) is 0 Å². The molecule has 0 spiro atoms. The van der Waals surface area contributed by atoms with Crippen LogP contribution >= 0.6 is 12.4 Å². The van der Waals surface area contributed by atoms with Crippen molar-refractivity contribution in [3.05, 3.63) is 97.3 Å². The summed E-state index contributed by atoms with van der Waals surface area (Å²) < 4.78 is 11.6. The summed E-state index contributed by atoms with van der Waals surface area (Å²) in [6, 6.07) is 28.0. The van der Waals surface area contributed by atoms with Crippen molar-refractivity contribution in [2.24, 2.45) is 0 Å². The molecule has 1 heterocycles. The van der Waals surface area contributed by atoms with E-state index in [1.807, 2.05) is 66.7 Å². The summed E-state index contributed by atoms with van der Waals surface area (Å²) in [4.78, 5) is 4.10. The average Bonchev–Trinajstić information content (AvgIpc) is 2.75. The molecular weight excluding hydrogens is 370 g/mol. The van der Waals surface area contributed by atoms with E-state index < -0.39 is 0 Å². The van der Waals surface area contributed by atoms with Gasteiger partial charge in [-0.1, -0.05) is 36.4 Å². The fraction of sp³-hybridized carbons (Fsp3) is 0.0417. The molecule has 0 bridgehead atoms. The van der Waals surface area contributed by atoms with Crippen LogP contribution in [0.1, 0.15) is 0 Å². The Bertz CT molecular complexity index is 1040. The predicted octanol–water partition coefficient (Wildman–Crippen LogP) is 6.64. The van der Waals surface area contributed by atoms with Crippen LogP contribution in [0.15, 0.2) is 97.3 Å². The lowest BCUT2D eigenvalue weighted by Crippen LogP contribution is -1.90. The van der Waals surface area contributed by atoms with Crippen LogP contribution in [0.25, 0.3) is 22.3 Å². The molecule has 3 nitrogen and oxygen atoms in total. The first kappa shape index (κ1) is 19.5. The Morgan fingerprint density at radius 2 is 1.39 bits per heavy atom. The summed E-state index contributed by atoms with van der Waals surface area (Å²) >= 11 is 0. The number of ether oxygens (including phenoxy) is 2. The van der Waals surface area contributed by atoms with Crippen molar-refractivity contribution in [3.63, 3.8) is 0 Å². The van der Waals surface area contributed by atoms with Gasteiger partial charge in [0.15, 0.2) is 0 Å². The Hall–Kier alpha value is -3.30. The first-order valence-electron chi connectivity index (χ1n) is 8.75. The third-order valence-electron chi connectivity index (χ3n) is 4.34. The number of methoxy groups -OCH3 is 1. The van der Waals surface area contributed by atoms with Crippen molar-refractivity contribution >= 4 is 12.4 Å². The number of hydrogen-bond donors (Lipinski definition) is 0. The monoisotopic (exact) mass is 389 g/mol. The number of hydrogen-bond acceptors (Lipinski definition) is 3. The van der Waals surface area contributed by atoms with E-state index in [0.717, 1.165) is 39.5 Å². The van der Waals surface area contributed by atoms with Crippen molar-refractivity contribution in [2.45, 2.75) is 0 Å². The lowest BCUT2D eigenvalue weighted by atomic mass is 9.98. The molecule has 0 aliphatic carbocycles. The maximum absolute atomic E-state index is 5.98. The number of nitrogens with zero attached hydrogens (tertiary/aromatic N) is 1. The van der Waals surface area contributed by atoms with Gasteiger partial charge in [-0.3, -0.25) is 4.98 Å². The van der Waals surface area contributed by atoms with Gasteiger partial charge in [0.25, 0.3) is 0 Å². The van der Waals surface area contributed by atoms with Crippen molar-refractivity contribution in [1.82, 2.24) is 4.98 Å². The maximum atomic E-state index is 5.98. The molecule has 0 unspecified atom stereocenters. The fourth-order valence-corrected chi connectivity index (χ4v) is 3.01. The van der Waals surface area contributed by atoms with Crippen LogP contribution in [-0.2, 0) is 0 Å². The molecule has 4 rings (SSSR count). The van der Waals surface area contributed by atoms with E-state index in [1.54, 1.807) is 19.5 Å². The quantitative estimate of drug-likeness (QED) is 0.383. The fourth-order valence-electron chi connectivity index (χ4n) is 3.01. The highest BCUT2D eigenvalue weighted by atomic mass is 35.5. The summed E-state index contributed by atoms with van der Waals surface area (Å²) in [6.07, 6.45) is 3.60. The van der Waals surface area contributed by atoms with E-state index in [4.69, 9.17) is 9.47 Å².